The predicted molar refractivity (Wildman–Crippen MR) is 91.4 cm³/mol. The van der Waals surface area contributed by atoms with Crippen LogP contribution in [0.5, 0.6) is 0 Å². The van der Waals surface area contributed by atoms with Crippen LogP contribution in [0.3, 0.4) is 0 Å². The Morgan fingerprint density at radius 2 is 2.26 bits per heavy atom. The van der Waals surface area contributed by atoms with Crippen molar-refractivity contribution in [3.8, 4) is 11.4 Å². The normalized spacial score (nSPS) is 20.7. The van der Waals surface area contributed by atoms with Crippen molar-refractivity contribution in [2.45, 2.75) is 25.7 Å². The van der Waals surface area contributed by atoms with E-state index >= 15 is 0 Å². The molecule has 5 nitrogen and oxygen atoms in total. The molecular weight excluding hydrogens is 286 g/mol. The third-order valence-electron chi connectivity index (χ3n) is 4.90. The lowest BCUT2D eigenvalue weighted by atomic mass is 10.1. The van der Waals surface area contributed by atoms with E-state index < -0.39 is 0 Å². The maximum absolute atomic E-state index is 4.82. The van der Waals surface area contributed by atoms with Crippen LogP contribution in [-0.2, 0) is 12.8 Å². The Morgan fingerprint density at radius 3 is 3.04 bits per heavy atom. The van der Waals surface area contributed by atoms with E-state index in [1.165, 1.54) is 37.2 Å². The smallest absolute Gasteiger partial charge is 0.163 e. The van der Waals surface area contributed by atoms with Crippen LogP contribution in [0.25, 0.3) is 11.4 Å². The molecule has 23 heavy (non-hydrogen) atoms. The molecule has 5 heteroatoms. The van der Waals surface area contributed by atoms with Crippen molar-refractivity contribution in [3.63, 3.8) is 0 Å². The fraction of sp³-hybridized carbons (Fsp3) is 0.500. The Balaban J connectivity index is 1.59. The van der Waals surface area contributed by atoms with Crippen molar-refractivity contribution in [1.29, 1.82) is 0 Å². The number of nitrogens with one attached hydrogen (secondary N) is 1. The van der Waals surface area contributed by atoms with E-state index in [0.29, 0.717) is 5.92 Å². The zero-order valence-corrected chi connectivity index (χ0v) is 13.6. The van der Waals surface area contributed by atoms with E-state index in [2.05, 4.69) is 22.2 Å². The summed E-state index contributed by atoms with van der Waals surface area (Å²) in [6.45, 7) is 3.38. The highest BCUT2D eigenvalue weighted by molar-refractivity contribution is 5.59. The minimum atomic E-state index is 0.717. The number of likely N-dealkylation sites (tertiary alicyclic amines) is 1. The number of anilines is 1. The van der Waals surface area contributed by atoms with Crippen LogP contribution in [0, 0.1) is 5.92 Å². The Morgan fingerprint density at radius 1 is 1.30 bits per heavy atom. The average Bonchev–Trinajstić information content (AvgIpc) is 3.22. The first kappa shape index (κ1) is 14.6. The van der Waals surface area contributed by atoms with E-state index in [4.69, 9.17) is 9.97 Å². The van der Waals surface area contributed by atoms with Crippen molar-refractivity contribution >= 4 is 5.82 Å². The van der Waals surface area contributed by atoms with Gasteiger partial charge < -0.3 is 10.2 Å². The number of pyridine rings is 1. The van der Waals surface area contributed by atoms with Gasteiger partial charge >= 0.3 is 0 Å². The third-order valence-corrected chi connectivity index (χ3v) is 4.90. The molecule has 1 N–H and O–H groups in total. The van der Waals surface area contributed by atoms with Crippen LogP contribution in [-0.4, -0.2) is 46.5 Å². The molecule has 1 fully saturated rings. The van der Waals surface area contributed by atoms with Crippen LogP contribution in [0.1, 0.15) is 24.1 Å². The molecule has 2 aromatic heterocycles. The molecule has 1 atom stereocenters. The monoisotopic (exact) mass is 309 g/mol. The Bertz CT molecular complexity index is 685. The fourth-order valence-corrected chi connectivity index (χ4v) is 3.64. The SMILES string of the molecule is CN1CCC(CNc2nc(-c3cccnc3)nc3c2CCC3)C1. The standard InChI is InChI=1S/C18H23N5/c1-23-9-7-13(12-23)10-20-18-15-5-2-6-16(15)21-17(22-18)14-4-3-8-19-11-14/h3-4,8,11,13H,2,5-7,9-10,12H2,1H3,(H,20,21,22). The molecule has 1 saturated heterocycles. The van der Waals surface area contributed by atoms with Crippen molar-refractivity contribution in [1.82, 2.24) is 19.9 Å². The van der Waals surface area contributed by atoms with Crippen LogP contribution in [0.4, 0.5) is 5.82 Å². The summed E-state index contributed by atoms with van der Waals surface area (Å²) in [5.74, 6) is 2.56. The number of hydrogen-bond acceptors (Lipinski definition) is 5. The van der Waals surface area contributed by atoms with E-state index in [-0.39, 0.29) is 0 Å². The minimum absolute atomic E-state index is 0.717. The molecule has 1 aliphatic heterocycles. The summed E-state index contributed by atoms with van der Waals surface area (Å²) in [6.07, 6.45) is 8.23. The fourth-order valence-electron chi connectivity index (χ4n) is 3.64. The Kier molecular flexibility index (Phi) is 3.95. The number of hydrogen-bond donors (Lipinski definition) is 1. The molecule has 0 aromatic carbocycles. The quantitative estimate of drug-likeness (QED) is 0.940. The van der Waals surface area contributed by atoms with Gasteiger partial charge in [-0.1, -0.05) is 0 Å². The molecule has 0 radical (unpaired) electrons. The summed E-state index contributed by atoms with van der Waals surface area (Å²) in [5, 5.41) is 3.62. The van der Waals surface area contributed by atoms with Crippen molar-refractivity contribution in [3.05, 3.63) is 35.8 Å². The van der Waals surface area contributed by atoms with Crippen LogP contribution in [0.15, 0.2) is 24.5 Å². The third kappa shape index (κ3) is 3.06. The average molecular weight is 309 g/mol. The zero-order valence-electron chi connectivity index (χ0n) is 13.6. The van der Waals surface area contributed by atoms with E-state index in [1.807, 2.05) is 18.3 Å². The maximum atomic E-state index is 4.82. The molecule has 2 aromatic rings. The van der Waals surface area contributed by atoms with Gasteiger partial charge in [0.25, 0.3) is 0 Å². The molecule has 4 rings (SSSR count). The van der Waals surface area contributed by atoms with Crippen molar-refractivity contribution in [2.24, 2.45) is 5.92 Å². The molecular formula is C18H23N5. The molecule has 1 aliphatic carbocycles. The molecule has 3 heterocycles. The second kappa shape index (κ2) is 6.24. The molecule has 0 bridgehead atoms. The number of fused-ring (bicyclic) bond motifs is 1. The molecule has 120 valence electrons. The van der Waals surface area contributed by atoms with Gasteiger partial charge in [-0.3, -0.25) is 4.98 Å². The van der Waals surface area contributed by atoms with E-state index in [0.717, 1.165) is 36.6 Å². The summed E-state index contributed by atoms with van der Waals surface area (Å²) in [6, 6.07) is 3.97. The Labute approximate surface area is 137 Å². The number of nitrogens with zero attached hydrogens (tertiary/aromatic N) is 4. The van der Waals surface area contributed by atoms with Gasteiger partial charge in [0.15, 0.2) is 5.82 Å². The molecule has 0 spiro atoms. The predicted octanol–water partition coefficient (Wildman–Crippen LogP) is 2.39. The highest BCUT2D eigenvalue weighted by atomic mass is 15.1. The van der Waals surface area contributed by atoms with Crippen LogP contribution < -0.4 is 5.32 Å². The Hall–Kier alpha value is -2.01. The minimum Gasteiger partial charge on any atom is -0.369 e. The molecule has 1 unspecified atom stereocenters. The van der Waals surface area contributed by atoms with Gasteiger partial charge in [-0.15, -0.1) is 0 Å². The van der Waals surface area contributed by atoms with Gasteiger partial charge in [0.1, 0.15) is 5.82 Å². The van der Waals surface area contributed by atoms with Crippen LogP contribution >= 0.6 is 0 Å². The summed E-state index contributed by atoms with van der Waals surface area (Å²) in [7, 11) is 2.20. The summed E-state index contributed by atoms with van der Waals surface area (Å²) in [5.41, 5.74) is 3.53. The van der Waals surface area contributed by atoms with E-state index in [9.17, 15) is 0 Å². The lowest BCUT2D eigenvalue weighted by Crippen LogP contribution is -2.20. The largest absolute Gasteiger partial charge is 0.369 e. The first-order valence-electron chi connectivity index (χ1n) is 8.52. The van der Waals surface area contributed by atoms with E-state index in [1.54, 1.807) is 6.20 Å². The second-order valence-electron chi connectivity index (χ2n) is 6.71. The number of rotatable bonds is 4. The lowest BCUT2D eigenvalue weighted by Gasteiger charge is -2.15. The summed E-state index contributed by atoms with van der Waals surface area (Å²) >= 11 is 0. The molecule has 2 aliphatic rings. The number of aromatic nitrogens is 3. The number of aryl methyl sites for hydroxylation is 1. The maximum Gasteiger partial charge on any atom is 0.163 e. The first-order valence-corrected chi connectivity index (χ1v) is 8.52. The lowest BCUT2D eigenvalue weighted by molar-refractivity contribution is 0.399. The first-order chi connectivity index (χ1) is 11.3. The second-order valence-corrected chi connectivity index (χ2v) is 6.71. The topological polar surface area (TPSA) is 53.9 Å². The van der Waals surface area contributed by atoms with Gasteiger partial charge in [0, 0.05) is 42.3 Å². The van der Waals surface area contributed by atoms with Gasteiger partial charge in [-0.05, 0) is 57.3 Å². The highest BCUT2D eigenvalue weighted by Crippen LogP contribution is 2.29. The van der Waals surface area contributed by atoms with Crippen molar-refractivity contribution in [2.75, 3.05) is 32.0 Å². The van der Waals surface area contributed by atoms with Gasteiger partial charge in [0.05, 0.1) is 0 Å². The zero-order chi connectivity index (χ0) is 15.6. The molecule has 0 saturated carbocycles. The summed E-state index contributed by atoms with van der Waals surface area (Å²) in [4.78, 5) is 16.2. The van der Waals surface area contributed by atoms with Gasteiger partial charge in [0.2, 0.25) is 0 Å². The van der Waals surface area contributed by atoms with Gasteiger partial charge in [-0.2, -0.15) is 0 Å². The van der Waals surface area contributed by atoms with Gasteiger partial charge in [-0.25, -0.2) is 9.97 Å². The van der Waals surface area contributed by atoms with Crippen molar-refractivity contribution < 1.29 is 0 Å². The molecule has 0 amide bonds. The van der Waals surface area contributed by atoms with Crippen LogP contribution in [0.2, 0.25) is 0 Å². The summed E-state index contributed by atoms with van der Waals surface area (Å²) < 4.78 is 0. The highest BCUT2D eigenvalue weighted by Gasteiger charge is 2.23.